The molecule has 0 aliphatic heterocycles. The summed E-state index contributed by atoms with van der Waals surface area (Å²) in [6.45, 7) is 8.83. The first kappa shape index (κ1) is 15.3. The lowest BCUT2D eigenvalue weighted by Gasteiger charge is -2.38. The van der Waals surface area contributed by atoms with Crippen LogP contribution in [0.5, 0.6) is 0 Å². The molecule has 0 heterocycles. The van der Waals surface area contributed by atoms with Gasteiger partial charge in [-0.15, -0.1) is 0 Å². The van der Waals surface area contributed by atoms with Crippen molar-refractivity contribution < 1.29 is 4.79 Å². The lowest BCUT2D eigenvalue weighted by Crippen LogP contribution is -2.34. The van der Waals surface area contributed by atoms with Crippen LogP contribution in [0.4, 0.5) is 0 Å². The fourth-order valence-electron chi connectivity index (χ4n) is 3.55. The van der Waals surface area contributed by atoms with Gasteiger partial charge in [-0.1, -0.05) is 52.7 Å². The van der Waals surface area contributed by atoms with Crippen molar-refractivity contribution >= 4 is 5.78 Å². The van der Waals surface area contributed by atoms with E-state index >= 15 is 0 Å². The zero-order chi connectivity index (χ0) is 14.8. The highest BCUT2D eigenvalue weighted by Crippen LogP contribution is 2.42. The van der Waals surface area contributed by atoms with E-state index in [1.807, 2.05) is 0 Å². The maximum atomic E-state index is 13.1. The molecule has 1 atom stereocenters. The number of carbonyl (C=O) groups excluding carboxylic acids is 1. The molecule has 0 N–H and O–H groups in total. The molecule has 0 amide bonds. The van der Waals surface area contributed by atoms with Crippen LogP contribution < -0.4 is 0 Å². The summed E-state index contributed by atoms with van der Waals surface area (Å²) in [5.41, 5.74) is 3.64. The molecule has 0 aromatic heterocycles. The third-order valence-electron chi connectivity index (χ3n) is 5.05. The average Bonchev–Trinajstić information content (AvgIpc) is 2.45. The van der Waals surface area contributed by atoms with Crippen molar-refractivity contribution in [2.75, 3.05) is 0 Å². The highest BCUT2D eigenvalue weighted by atomic mass is 16.1. The minimum Gasteiger partial charge on any atom is -0.294 e. The van der Waals surface area contributed by atoms with E-state index in [9.17, 15) is 4.79 Å². The predicted molar refractivity (Wildman–Crippen MR) is 85.3 cm³/mol. The molecule has 0 bridgehead atoms. The summed E-state index contributed by atoms with van der Waals surface area (Å²) >= 11 is 0. The molecule has 1 fully saturated rings. The van der Waals surface area contributed by atoms with Crippen molar-refractivity contribution in [2.24, 2.45) is 11.3 Å². The predicted octanol–water partition coefficient (Wildman–Crippen LogP) is 5.21. The number of carbonyl (C=O) groups is 1. The van der Waals surface area contributed by atoms with Crippen LogP contribution in [0.1, 0.15) is 74.9 Å². The van der Waals surface area contributed by atoms with Crippen LogP contribution in [0, 0.1) is 11.3 Å². The molecule has 1 nitrogen and oxygen atoms in total. The van der Waals surface area contributed by atoms with E-state index in [-0.39, 0.29) is 11.3 Å². The van der Waals surface area contributed by atoms with Gasteiger partial charge in [-0.05, 0) is 48.3 Å². The van der Waals surface area contributed by atoms with Gasteiger partial charge in [0.15, 0.2) is 5.78 Å². The quantitative estimate of drug-likeness (QED) is 0.688. The summed E-state index contributed by atoms with van der Waals surface area (Å²) in [7, 11) is 0. The number of hydrogen-bond acceptors (Lipinski definition) is 1. The SMILES string of the molecule is CCc1ccc(CC)c(C(=O)C2CCCCC2(C)C)c1. The van der Waals surface area contributed by atoms with E-state index in [2.05, 4.69) is 45.9 Å². The van der Waals surface area contributed by atoms with Crippen molar-refractivity contribution in [2.45, 2.75) is 66.2 Å². The molecule has 1 aromatic rings. The monoisotopic (exact) mass is 272 g/mol. The van der Waals surface area contributed by atoms with E-state index in [0.717, 1.165) is 24.8 Å². The Labute approximate surface area is 123 Å². The number of Topliss-reactive ketones (excluding diaryl/α,β-unsaturated/α-hetero) is 1. The minimum absolute atomic E-state index is 0.155. The molecular formula is C19H28O. The van der Waals surface area contributed by atoms with Gasteiger partial charge >= 0.3 is 0 Å². The van der Waals surface area contributed by atoms with Crippen molar-refractivity contribution in [1.82, 2.24) is 0 Å². The van der Waals surface area contributed by atoms with E-state index < -0.39 is 0 Å². The highest BCUT2D eigenvalue weighted by molar-refractivity contribution is 5.99. The summed E-state index contributed by atoms with van der Waals surface area (Å²) in [5.74, 6) is 0.593. The number of aryl methyl sites for hydroxylation is 2. The van der Waals surface area contributed by atoms with Gasteiger partial charge in [0.2, 0.25) is 0 Å². The summed E-state index contributed by atoms with van der Waals surface area (Å²) in [4.78, 5) is 13.1. The van der Waals surface area contributed by atoms with Crippen molar-refractivity contribution in [3.05, 3.63) is 34.9 Å². The van der Waals surface area contributed by atoms with Gasteiger partial charge in [0.05, 0.1) is 0 Å². The van der Waals surface area contributed by atoms with Crippen LogP contribution in [-0.4, -0.2) is 5.78 Å². The van der Waals surface area contributed by atoms with E-state index in [4.69, 9.17) is 0 Å². The van der Waals surface area contributed by atoms with Gasteiger partial charge in [0.1, 0.15) is 0 Å². The molecule has 0 radical (unpaired) electrons. The van der Waals surface area contributed by atoms with Gasteiger partial charge in [0, 0.05) is 11.5 Å². The van der Waals surface area contributed by atoms with Gasteiger partial charge in [-0.2, -0.15) is 0 Å². The Morgan fingerprint density at radius 2 is 1.95 bits per heavy atom. The largest absolute Gasteiger partial charge is 0.294 e. The van der Waals surface area contributed by atoms with Crippen molar-refractivity contribution in [1.29, 1.82) is 0 Å². The van der Waals surface area contributed by atoms with Crippen LogP contribution in [-0.2, 0) is 12.8 Å². The third kappa shape index (κ3) is 2.97. The molecule has 1 saturated carbocycles. The summed E-state index contributed by atoms with van der Waals surface area (Å²) in [6, 6.07) is 6.47. The van der Waals surface area contributed by atoms with Gasteiger partial charge < -0.3 is 0 Å². The van der Waals surface area contributed by atoms with E-state index in [1.54, 1.807) is 0 Å². The van der Waals surface area contributed by atoms with Crippen LogP contribution in [0.2, 0.25) is 0 Å². The molecule has 1 aromatic carbocycles. The average molecular weight is 272 g/mol. The first-order chi connectivity index (χ1) is 9.49. The Morgan fingerprint density at radius 3 is 2.55 bits per heavy atom. The smallest absolute Gasteiger partial charge is 0.166 e. The van der Waals surface area contributed by atoms with Crippen molar-refractivity contribution in [3.63, 3.8) is 0 Å². The lowest BCUT2D eigenvalue weighted by atomic mass is 9.66. The molecule has 0 saturated heterocycles. The van der Waals surface area contributed by atoms with Gasteiger partial charge in [-0.3, -0.25) is 4.79 Å². The molecule has 1 aliphatic carbocycles. The maximum absolute atomic E-state index is 13.1. The normalized spacial score (nSPS) is 21.7. The van der Waals surface area contributed by atoms with E-state index in [0.29, 0.717) is 5.78 Å². The molecule has 110 valence electrons. The van der Waals surface area contributed by atoms with E-state index in [1.165, 1.54) is 30.4 Å². The maximum Gasteiger partial charge on any atom is 0.166 e. The molecule has 20 heavy (non-hydrogen) atoms. The molecule has 1 heteroatoms. The van der Waals surface area contributed by atoms with Crippen LogP contribution >= 0.6 is 0 Å². The Balaban J connectivity index is 2.36. The number of rotatable bonds is 4. The second kappa shape index (κ2) is 6.11. The fourth-order valence-corrected chi connectivity index (χ4v) is 3.55. The molecular weight excluding hydrogens is 244 g/mol. The Morgan fingerprint density at radius 1 is 1.20 bits per heavy atom. The first-order valence-electron chi connectivity index (χ1n) is 8.15. The summed E-state index contributed by atoms with van der Waals surface area (Å²) in [5, 5.41) is 0. The minimum atomic E-state index is 0.155. The number of benzene rings is 1. The van der Waals surface area contributed by atoms with Crippen molar-refractivity contribution in [3.8, 4) is 0 Å². The Hall–Kier alpha value is -1.11. The van der Waals surface area contributed by atoms with Crippen LogP contribution in [0.25, 0.3) is 0 Å². The summed E-state index contributed by atoms with van der Waals surface area (Å²) in [6.07, 6.45) is 6.65. The fraction of sp³-hybridized carbons (Fsp3) is 0.632. The number of hydrogen-bond donors (Lipinski definition) is 0. The van der Waals surface area contributed by atoms with Gasteiger partial charge in [0.25, 0.3) is 0 Å². The molecule has 2 rings (SSSR count). The summed E-state index contributed by atoms with van der Waals surface area (Å²) < 4.78 is 0. The van der Waals surface area contributed by atoms with Gasteiger partial charge in [-0.25, -0.2) is 0 Å². The lowest BCUT2D eigenvalue weighted by molar-refractivity contribution is 0.0696. The molecule has 1 unspecified atom stereocenters. The Kier molecular flexibility index (Phi) is 4.67. The number of ketones is 1. The third-order valence-corrected chi connectivity index (χ3v) is 5.05. The van der Waals surface area contributed by atoms with Crippen LogP contribution in [0.15, 0.2) is 18.2 Å². The topological polar surface area (TPSA) is 17.1 Å². The first-order valence-corrected chi connectivity index (χ1v) is 8.15. The molecule has 1 aliphatic rings. The molecule has 0 spiro atoms. The Bertz CT molecular complexity index is 485. The second-order valence-electron chi connectivity index (χ2n) is 6.85. The van der Waals surface area contributed by atoms with Crippen LogP contribution in [0.3, 0.4) is 0 Å². The standard InChI is InChI=1S/C19H28O/c1-5-14-10-11-15(6-2)16(13-14)18(20)17-9-7-8-12-19(17,3)4/h10-11,13,17H,5-9,12H2,1-4H3. The second-order valence-corrected chi connectivity index (χ2v) is 6.85. The highest BCUT2D eigenvalue weighted by Gasteiger charge is 2.37. The zero-order valence-electron chi connectivity index (χ0n) is 13.5. The zero-order valence-corrected chi connectivity index (χ0v) is 13.5.